The second-order valence-corrected chi connectivity index (χ2v) is 7.53. The highest BCUT2D eigenvalue weighted by molar-refractivity contribution is 5.98. The fourth-order valence-electron chi connectivity index (χ4n) is 3.81. The van der Waals surface area contributed by atoms with Crippen molar-refractivity contribution >= 4 is 11.7 Å². The number of rotatable bonds is 5. The van der Waals surface area contributed by atoms with Gasteiger partial charge in [-0.05, 0) is 50.8 Å². The molecule has 0 radical (unpaired) electrons. The van der Waals surface area contributed by atoms with E-state index in [1.807, 2.05) is 13.8 Å². The lowest BCUT2D eigenvalue weighted by Crippen LogP contribution is -2.42. The average Bonchev–Trinajstić information content (AvgIpc) is 3.02. The van der Waals surface area contributed by atoms with E-state index in [2.05, 4.69) is 10.2 Å². The highest BCUT2D eigenvalue weighted by atomic mass is 19.4. The van der Waals surface area contributed by atoms with Gasteiger partial charge in [0.25, 0.3) is 0 Å². The monoisotopic (exact) mass is 407 g/mol. The first-order valence-electron chi connectivity index (χ1n) is 9.66. The van der Waals surface area contributed by atoms with Gasteiger partial charge in [0.05, 0.1) is 11.3 Å². The van der Waals surface area contributed by atoms with Gasteiger partial charge in [-0.1, -0.05) is 12.1 Å². The van der Waals surface area contributed by atoms with Gasteiger partial charge in [-0.3, -0.25) is 14.7 Å². The molecule has 0 unspecified atom stereocenters. The van der Waals surface area contributed by atoms with Crippen molar-refractivity contribution in [2.75, 3.05) is 13.1 Å². The Bertz CT molecular complexity index is 868. The number of carbonyl (C=O) groups is 2. The number of amides is 1. The molecule has 0 bridgehead atoms. The number of hydrogen-bond donors (Lipinski definition) is 1. The Labute approximate surface area is 167 Å². The summed E-state index contributed by atoms with van der Waals surface area (Å²) in [6, 6.07) is 4.29. The molecule has 2 aromatic rings. The van der Waals surface area contributed by atoms with Crippen molar-refractivity contribution in [1.29, 1.82) is 0 Å². The van der Waals surface area contributed by atoms with Crippen molar-refractivity contribution in [2.45, 2.75) is 45.7 Å². The number of carbonyl (C=O) groups excluding carboxylic acids is 2. The van der Waals surface area contributed by atoms with E-state index < -0.39 is 11.7 Å². The SMILES string of the molecule is Cc1n[nH]c(C)c1CCC(=O)N1CCC[C@@H](C(=O)c2ccc(C(F)(F)F)cc2)C1. The molecule has 29 heavy (non-hydrogen) atoms. The third kappa shape index (κ3) is 4.86. The minimum atomic E-state index is -4.43. The number of benzene rings is 1. The van der Waals surface area contributed by atoms with Crippen LogP contribution in [-0.4, -0.2) is 39.9 Å². The van der Waals surface area contributed by atoms with Crippen LogP contribution in [0.1, 0.15) is 52.1 Å². The number of H-pyrrole nitrogens is 1. The van der Waals surface area contributed by atoms with Gasteiger partial charge in [-0.15, -0.1) is 0 Å². The molecule has 0 spiro atoms. The van der Waals surface area contributed by atoms with E-state index in [1.165, 1.54) is 12.1 Å². The molecule has 1 N–H and O–H groups in total. The zero-order chi connectivity index (χ0) is 21.2. The van der Waals surface area contributed by atoms with Crippen molar-refractivity contribution in [3.05, 3.63) is 52.3 Å². The summed E-state index contributed by atoms with van der Waals surface area (Å²) in [4.78, 5) is 27.1. The fraction of sp³-hybridized carbons (Fsp3) is 0.476. The maximum atomic E-state index is 12.7. The van der Waals surface area contributed by atoms with Crippen LogP contribution in [-0.2, 0) is 17.4 Å². The van der Waals surface area contributed by atoms with Gasteiger partial charge in [-0.25, -0.2) is 0 Å². The Morgan fingerprint density at radius 3 is 2.48 bits per heavy atom. The minimum Gasteiger partial charge on any atom is -0.342 e. The molecule has 1 aromatic heterocycles. The zero-order valence-corrected chi connectivity index (χ0v) is 16.5. The molecule has 1 atom stereocenters. The molecule has 3 rings (SSSR count). The highest BCUT2D eigenvalue weighted by Crippen LogP contribution is 2.30. The number of likely N-dealkylation sites (tertiary alicyclic amines) is 1. The maximum absolute atomic E-state index is 12.7. The van der Waals surface area contributed by atoms with Crippen LogP contribution in [0.2, 0.25) is 0 Å². The topological polar surface area (TPSA) is 66.1 Å². The number of Topliss-reactive ketones (excluding diaryl/α,β-unsaturated/α-hetero) is 1. The number of hydrogen-bond acceptors (Lipinski definition) is 3. The van der Waals surface area contributed by atoms with Crippen molar-refractivity contribution in [3.8, 4) is 0 Å². The predicted octanol–water partition coefficient (Wildman–Crippen LogP) is 4.10. The molecule has 1 aliphatic rings. The molecule has 1 saturated heterocycles. The standard InChI is InChI=1S/C21H24F3N3O2/c1-13-18(14(2)26-25-13)9-10-19(28)27-11-3-4-16(12-27)20(29)15-5-7-17(8-6-15)21(22,23)24/h5-8,16H,3-4,9-12H2,1-2H3,(H,25,26)/t16-/m1/s1. The van der Waals surface area contributed by atoms with Gasteiger partial charge in [0, 0.05) is 36.7 Å². The average molecular weight is 407 g/mol. The number of aryl methyl sites for hydroxylation is 2. The Morgan fingerprint density at radius 1 is 1.21 bits per heavy atom. The number of ketones is 1. The summed E-state index contributed by atoms with van der Waals surface area (Å²) in [5.41, 5.74) is 2.34. The summed E-state index contributed by atoms with van der Waals surface area (Å²) in [7, 11) is 0. The lowest BCUT2D eigenvalue weighted by molar-refractivity contribution is -0.137. The molecular weight excluding hydrogens is 383 g/mol. The van der Waals surface area contributed by atoms with E-state index in [9.17, 15) is 22.8 Å². The molecule has 1 aromatic carbocycles. The third-order valence-electron chi connectivity index (χ3n) is 5.51. The van der Waals surface area contributed by atoms with Gasteiger partial charge in [0.15, 0.2) is 5.78 Å². The second-order valence-electron chi connectivity index (χ2n) is 7.53. The first kappa shape index (κ1) is 21.1. The number of aromatic amines is 1. The fourth-order valence-corrected chi connectivity index (χ4v) is 3.81. The molecule has 1 amide bonds. The largest absolute Gasteiger partial charge is 0.416 e. The summed E-state index contributed by atoms with van der Waals surface area (Å²) in [5, 5.41) is 7.04. The summed E-state index contributed by atoms with van der Waals surface area (Å²) in [6.45, 7) is 4.71. The molecular formula is C21H24F3N3O2. The minimum absolute atomic E-state index is 0.0186. The van der Waals surface area contributed by atoms with Crippen LogP contribution in [0.4, 0.5) is 13.2 Å². The van der Waals surface area contributed by atoms with Crippen LogP contribution in [0, 0.1) is 19.8 Å². The lowest BCUT2D eigenvalue weighted by atomic mass is 9.89. The van der Waals surface area contributed by atoms with Crippen molar-refractivity contribution < 1.29 is 22.8 Å². The summed E-state index contributed by atoms with van der Waals surface area (Å²) < 4.78 is 38.1. The molecule has 0 saturated carbocycles. The van der Waals surface area contributed by atoms with Crippen LogP contribution >= 0.6 is 0 Å². The van der Waals surface area contributed by atoms with Crippen molar-refractivity contribution in [3.63, 3.8) is 0 Å². The van der Waals surface area contributed by atoms with Crippen LogP contribution in [0.25, 0.3) is 0 Å². The molecule has 0 aliphatic carbocycles. The van der Waals surface area contributed by atoms with E-state index in [4.69, 9.17) is 0 Å². The number of piperidine rings is 1. The maximum Gasteiger partial charge on any atom is 0.416 e. The van der Waals surface area contributed by atoms with Crippen molar-refractivity contribution in [1.82, 2.24) is 15.1 Å². The molecule has 8 heteroatoms. The van der Waals surface area contributed by atoms with Gasteiger partial charge >= 0.3 is 6.18 Å². The van der Waals surface area contributed by atoms with Crippen LogP contribution in [0.3, 0.4) is 0 Å². The first-order valence-corrected chi connectivity index (χ1v) is 9.66. The number of alkyl halides is 3. The number of halogens is 3. The van der Waals surface area contributed by atoms with Crippen LogP contribution < -0.4 is 0 Å². The lowest BCUT2D eigenvalue weighted by Gasteiger charge is -2.32. The zero-order valence-electron chi connectivity index (χ0n) is 16.5. The molecule has 1 aliphatic heterocycles. The Kier molecular flexibility index (Phi) is 6.10. The number of nitrogens with zero attached hydrogens (tertiary/aromatic N) is 2. The third-order valence-corrected chi connectivity index (χ3v) is 5.51. The van der Waals surface area contributed by atoms with Gasteiger partial charge in [0.1, 0.15) is 0 Å². The van der Waals surface area contributed by atoms with Gasteiger partial charge in [0.2, 0.25) is 5.91 Å². The van der Waals surface area contributed by atoms with E-state index in [1.54, 1.807) is 4.90 Å². The smallest absolute Gasteiger partial charge is 0.342 e. The highest BCUT2D eigenvalue weighted by Gasteiger charge is 2.32. The second kappa shape index (κ2) is 8.39. The number of nitrogens with one attached hydrogen (secondary N) is 1. The molecule has 1 fully saturated rings. The molecule has 5 nitrogen and oxygen atoms in total. The Morgan fingerprint density at radius 2 is 1.90 bits per heavy atom. The quantitative estimate of drug-likeness (QED) is 0.759. The van der Waals surface area contributed by atoms with Crippen LogP contribution in [0.15, 0.2) is 24.3 Å². The Balaban J connectivity index is 1.61. The molecule has 2 heterocycles. The van der Waals surface area contributed by atoms with E-state index in [0.29, 0.717) is 38.8 Å². The number of aromatic nitrogens is 2. The van der Waals surface area contributed by atoms with E-state index in [0.717, 1.165) is 29.1 Å². The van der Waals surface area contributed by atoms with Gasteiger partial charge < -0.3 is 4.90 Å². The summed E-state index contributed by atoms with van der Waals surface area (Å²) in [6.07, 6.45) is -2.18. The van der Waals surface area contributed by atoms with Crippen LogP contribution in [0.5, 0.6) is 0 Å². The normalized spacial score (nSPS) is 17.4. The predicted molar refractivity (Wildman–Crippen MR) is 101 cm³/mol. The summed E-state index contributed by atoms with van der Waals surface area (Å²) >= 11 is 0. The molecule has 156 valence electrons. The Hall–Kier alpha value is -2.64. The van der Waals surface area contributed by atoms with E-state index >= 15 is 0 Å². The van der Waals surface area contributed by atoms with Gasteiger partial charge in [-0.2, -0.15) is 18.3 Å². The van der Waals surface area contributed by atoms with E-state index in [-0.39, 0.29) is 23.2 Å². The van der Waals surface area contributed by atoms with Crippen molar-refractivity contribution in [2.24, 2.45) is 5.92 Å². The summed E-state index contributed by atoms with van der Waals surface area (Å²) in [5.74, 6) is -0.616. The first-order chi connectivity index (χ1) is 13.7.